The SMILES string of the molecule is O=C(CCl)c1cc2cc3sc(C(O)CCl)cc3cc2s1. The monoisotopic (exact) mass is 344 g/mol. The van der Waals surface area contributed by atoms with E-state index in [-0.39, 0.29) is 17.5 Å². The van der Waals surface area contributed by atoms with Crippen LogP contribution in [-0.4, -0.2) is 22.6 Å². The summed E-state index contributed by atoms with van der Waals surface area (Å²) in [6, 6.07) is 7.92. The molecule has 0 bridgehead atoms. The second-order valence-electron chi connectivity index (χ2n) is 4.41. The van der Waals surface area contributed by atoms with E-state index < -0.39 is 6.10 Å². The van der Waals surface area contributed by atoms with Crippen LogP contribution in [0.3, 0.4) is 0 Å². The van der Waals surface area contributed by atoms with Crippen LogP contribution in [-0.2, 0) is 0 Å². The van der Waals surface area contributed by atoms with Gasteiger partial charge in [0.1, 0.15) is 6.10 Å². The normalized spacial score (nSPS) is 13.2. The predicted octanol–water partition coefficient (Wildman–Crippen LogP) is 4.81. The number of rotatable bonds is 4. The van der Waals surface area contributed by atoms with Crippen molar-refractivity contribution < 1.29 is 9.90 Å². The zero-order valence-electron chi connectivity index (χ0n) is 10.2. The van der Waals surface area contributed by atoms with Gasteiger partial charge in [0.05, 0.1) is 16.6 Å². The number of fused-ring (bicyclic) bond motifs is 2. The largest absolute Gasteiger partial charge is 0.386 e. The van der Waals surface area contributed by atoms with Gasteiger partial charge in [-0.05, 0) is 35.0 Å². The molecule has 0 aliphatic heterocycles. The van der Waals surface area contributed by atoms with E-state index in [2.05, 4.69) is 0 Å². The number of carbonyl (C=O) groups is 1. The fourth-order valence-corrected chi connectivity index (χ4v) is 4.63. The Morgan fingerprint density at radius 1 is 1.10 bits per heavy atom. The third kappa shape index (κ3) is 2.47. The first-order valence-electron chi connectivity index (χ1n) is 5.92. The summed E-state index contributed by atoms with van der Waals surface area (Å²) in [5.41, 5.74) is 0. The Bertz CT molecular complexity index is 740. The van der Waals surface area contributed by atoms with Gasteiger partial charge in [-0.25, -0.2) is 0 Å². The first kappa shape index (κ1) is 14.3. The molecular formula is C14H10Cl2O2S2. The van der Waals surface area contributed by atoms with E-state index in [1.54, 1.807) is 0 Å². The number of hydrogen-bond acceptors (Lipinski definition) is 4. The highest BCUT2D eigenvalue weighted by Gasteiger charge is 2.13. The summed E-state index contributed by atoms with van der Waals surface area (Å²) in [7, 11) is 0. The first-order chi connectivity index (χ1) is 9.62. The Hall–Kier alpha value is -0.650. The lowest BCUT2D eigenvalue weighted by Crippen LogP contribution is -1.95. The van der Waals surface area contributed by atoms with E-state index >= 15 is 0 Å². The maximum atomic E-state index is 11.6. The molecule has 2 aromatic heterocycles. The Morgan fingerprint density at radius 2 is 1.75 bits per heavy atom. The summed E-state index contributed by atoms with van der Waals surface area (Å²) >= 11 is 14.2. The van der Waals surface area contributed by atoms with Crippen LogP contribution in [0.4, 0.5) is 0 Å². The Kier molecular flexibility index (Phi) is 4.02. The lowest BCUT2D eigenvalue weighted by atomic mass is 10.2. The fourth-order valence-electron chi connectivity index (χ4n) is 2.04. The molecule has 3 aromatic rings. The molecule has 0 saturated carbocycles. The van der Waals surface area contributed by atoms with Crippen LogP contribution in [0.15, 0.2) is 24.3 Å². The van der Waals surface area contributed by atoms with E-state index in [1.165, 1.54) is 22.7 Å². The predicted molar refractivity (Wildman–Crippen MR) is 87.9 cm³/mol. The molecule has 20 heavy (non-hydrogen) atoms. The van der Waals surface area contributed by atoms with Crippen LogP contribution in [0.5, 0.6) is 0 Å². The van der Waals surface area contributed by atoms with Crippen molar-refractivity contribution in [2.24, 2.45) is 0 Å². The number of halogens is 2. The molecule has 2 nitrogen and oxygen atoms in total. The molecule has 1 unspecified atom stereocenters. The van der Waals surface area contributed by atoms with E-state index in [1.807, 2.05) is 24.3 Å². The third-order valence-electron chi connectivity index (χ3n) is 3.05. The van der Waals surface area contributed by atoms with Gasteiger partial charge < -0.3 is 5.11 Å². The second kappa shape index (κ2) is 5.62. The number of hydrogen-bond donors (Lipinski definition) is 1. The van der Waals surface area contributed by atoms with Gasteiger partial charge in [0, 0.05) is 14.3 Å². The first-order valence-corrected chi connectivity index (χ1v) is 8.63. The van der Waals surface area contributed by atoms with E-state index in [4.69, 9.17) is 23.2 Å². The maximum absolute atomic E-state index is 11.6. The van der Waals surface area contributed by atoms with Crippen LogP contribution in [0, 0.1) is 0 Å². The van der Waals surface area contributed by atoms with Crippen molar-refractivity contribution in [1.82, 2.24) is 0 Å². The van der Waals surface area contributed by atoms with Crippen molar-refractivity contribution in [3.63, 3.8) is 0 Å². The van der Waals surface area contributed by atoms with Crippen LogP contribution in [0.25, 0.3) is 20.2 Å². The molecule has 3 rings (SSSR count). The molecule has 0 aliphatic rings. The molecule has 0 amide bonds. The molecule has 1 aromatic carbocycles. The molecule has 0 aliphatic carbocycles. The summed E-state index contributed by atoms with van der Waals surface area (Å²) in [4.78, 5) is 13.2. The van der Waals surface area contributed by atoms with Gasteiger partial charge in [-0.3, -0.25) is 4.79 Å². The molecule has 1 N–H and O–H groups in total. The fraction of sp³-hybridized carbons (Fsp3) is 0.214. The van der Waals surface area contributed by atoms with Crippen molar-refractivity contribution >= 4 is 71.8 Å². The van der Waals surface area contributed by atoms with Gasteiger partial charge in [0.25, 0.3) is 0 Å². The second-order valence-corrected chi connectivity index (χ2v) is 7.19. The molecule has 104 valence electrons. The lowest BCUT2D eigenvalue weighted by molar-refractivity contribution is 0.102. The zero-order valence-corrected chi connectivity index (χ0v) is 13.4. The summed E-state index contributed by atoms with van der Waals surface area (Å²) in [5, 5.41) is 11.9. The van der Waals surface area contributed by atoms with Crippen molar-refractivity contribution in [1.29, 1.82) is 0 Å². The minimum atomic E-state index is -0.625. The van der Waals surface area contributed by atoms with Gasteiger partial charge in [0.15, 0.2) is 5.78 Å². The van der Waals surface area contributed by atoms with Gasteiger partial charge in [-0.1, -0.05) is 0 Å². The van der Waals surface area contributed by atoms with Crippen LogP contribution < -0.4 is 0 Å². The topological polar surface area (TPSA) is 37.3 Å². The number of carbonyl (C=O) groups excluding carboxylic acids is 1. The summed E-state index contributed by atoms with van der Waals surface area (Å²) < 4.78 is 2.13. The van der Waals surface area contributed by atoms with Crippen LogP contribution in [0.2, 0.25) is 0 Å². The summed E-state index contributed by atoms with van der Waals surface area (Å²) in [6.07, 6.45) is -0.625. The van der Waals surface area contributed by atoms with Gasteiger partial charge in [0.2, 0.25) is 0 Å². The standard InChI is InChI=1S/C14H10Cl2O2S2/c15-5-9(17)13-3-7-1-11-8(2-12(7)20-13)4-14(19-11)10(18)6-16/h1-4,9,17H,5-6H2. The minimum Gasteiger partial charge on any atom is -0.386 e. The maximum Gasteiger partial charge on any atom is 0.187 e. The molecule has 0 spiro atoms. The average molecular weight is 345 g/mol. The Balaban J connectivity index is 2.12. The van der Waals surface area contributed by atoms with Crippen molar-refractivity contribution in [3.8, 4) is 0 Å². The molecule has 0 radical (unpaired) electrons. The zero-order chi connectivity index (χ0) is 14.3. The molecule has 2 heterocycles. The highest BCUT2D eigenvalue weighted by Crippen LogP contribution is 2.36. The number of Topliss-reactive ketones (excluding diaryl/α,β-unsaturated/α-hetero) is 1. The highest BCUT2D eigenvalue weighted by atomic mass is 35.5. The van der Waals surface area contributed by atoms with Crippen molar-refractivity contribution in [2.45, 2.75) is 6.10 Å². The smallest absolute Gasteiger partial charge is 0.187 e. The number of ketones is 1. The van der Waals surface area contributed by atoms with Gasteiger partial charge in [-0.15, -0.1) is 45.9 Å². The van der Waals surface area contributed by atoms with Gasteiger partial charge >= 0.3 is 0 Å². The van der Waals surface area contributed by atoms with Crippen molar-refractivity contribution in [2.75, 3.05) is 11.8 Å². The third-order valence-corrected chi connectivity index (χ3v) is 5.92. The molecule has 0 fully saturated rings. The van der Waals surface area contributed by atoms with Gasteiger partial charge in [-0.2, -0.15) is 0 Å². The number of alkyl halides is 2. The molecule has 6 heteroatoms. The Morgan fingerprint density at radius 3 is 2.40 bits per heavy atom. The Labute approximate surface area is 133 Å². The average Bonchev–Trinajstić information content (AvgIpc) is 3.05. The number of benzene rings is 1. The molecule has 0 saturated heterocycles. The number of thiophene rings is 2. The minimum absolute atomic E-state index is 0.00719. The lowest BCUT2D eigenvalue weighted by Gasteiger charge is -2.00. The summed E-state index contributed by atoms with van der Waals surface area (Å²) in [6.45, 7) is 0. The highest BCUT2D eigenvalue weighted by molar-refractivity contribution is 7.21. The van der Waals surface area contributed by atoms with Crippen molar-refractivity contribution in [3.05, 3.63) is 34.0 Å². The van der Waals surface area contributed by atoms with Crippen LogP contribution in [0.1, 0.15) is 20.7 Å². The summed E-state index contributed by atoms with van der Waals surface area (Å²) in [5.74, 6) is 0.150. The van der Waals surface area contributed by atoms with Crippen LogP contribution >= 0.6 is 45.9 Å². The quantitative estimate of drug-likeness (QED) is 0.544. The molecular weight excluding hydrogens is 335 g/mol. The van der Waals surface area contributed by atoms with E-state index in [0.29, 0.717) is 4.88 Å². The number of aliphatic hydroxyl groups excluding tert-OH is 1. The van der Waals surface area contributed by atoms with E-state index in [0.717, 1.165) is 25.0 Å². The molecule has 1 atom stereocenters. The van der Waals surface area contributed by atoms with E-state index in [9.17, 15) is 9.90 Å². The number of aliphatic hydroxyl groups is 1.